The zero-order valence-corrected chi connectivity index (χ0v) is 17.8. The summed E-state index contributed by atoms with van der Waals surface area (Å²) in [6.45, 7) is 0.598. The van der Waals surface area contributed by atoms with E-state index in [1.54, 1.807) is 13.2 Å². The second-order valence-corrected chi connectivity index (χ2v) is 7.43. The number of aromatic amines is 1. The lowest BCUT2D eigenvalue weighted by Crippen LogP contribution is -1.99. The van der Waals surface area contributed by atoms with Crippen molar-refractivity contribution in [3.05, 3.63) is 107 Å². The molecule has 0 atom stereocenters. The van der Waals surface area contributed by atoms with Crippen LogP contribution in [0.25, 0.3) is 28.1 Å². The number of H-pyrrole nitrogens is 1. The van der Waals surface area contributed by atoms with Crippen molar-refractivity contribution >= 4 is 34.1 Å². The standard InChI is InChI=1S/C27H24N2O3/c1-32-16-15-24(20-5-3-2-4-6-20)27(22-12-13-25-23(17-22)18-28-29-25)21-10-7-19(8-11-21)9-14-26(30)31/h2-14,17-18H,15-16H2,1H3,(H,28,29)(H,30,31)/b14-9+,27-24+. The second-order valence-electron chi connectivity index (χ2n) is 7.43. The number of carbonyl (C=O) groups is 1. The molecule has 0 unspecified atom stereocenters. The van der Waals surface area contributed by atoms with Gasteiger partial charge < -0.3 is 9.84 Å². The fourth-order valence-corrected chi connectivity index (χ4v) is 3.80. The van der Waals surface area contributed by atoms with Gasteiger partial charge in [0, 0.05) is 18.6 Å². The van der Waals surface area contributed by atoms with Crippen LogP contribution in [-0.2, 0) is 9.53 Å². The summed E-state index contributed by atoms with van der Waals surface area (Å²) < 4.78 is 5.43. The molecule has 160 valence electrons. The van der Waals surface area contributed by atoms with E-state index < -0.39 is 5.97 Å². The minimum absolute atomic E-state index is 0.598. The van der Waals surface area contributed by atoms with Gasteiger partial charge in [0.05, 0.1) is 18.3 Å². The van der Waals surface area contributed by atoms with Gasteiger partial charge >= 0.3 is 5.97 Å². The highest BCUT2D eigenvalue weighted by molar-refractivity contribution is 6.00. The van der Waals surface area contributed by atoms with Gasteiger partial charge in [-0.2, -0.15) is 5.10 Å². The summed E-state index contributed by atoms with van der Waals surface area (Å²) in [7, 11) is 1.71. The number of rotatable bonds is 8. The second kappa shape index (κ2) is 9.90. The minimum Gasteiger partial charge on any atom is -0.478 e. The number of nitrogens with one attached hydrogen (secondary N) is 1. The number of carboxylic acid groups (broad SMARTS) is 1. The van der Waals surface area contributed by atoms with E-state index in [-0.39, 0.29) is 0 Å². The van der Waals surface area contributed by atoms with E-state index in [0.29, 0.717) is 6.61 Å². The van der Waals surface area contributed by atoms with Crippen LogP contribution in [0.15, 0.2) is 85.1 Å². The SMILES string of the molecule is COCC/C(=C(/c1ccc(/C=C/C(=O)O)cc1)c1ccc2[nH]ncc2c1)c1ccccc1. The zero-order valence-electron chi connectivity index (χ0n) is 17.8. The molecule has 1 aromatic heterocycles. The van der Waals surface area contributed by atoms with Gasteiger partial charge in [0.1, 0.15) is 0 Å². The Balaban J connectivity index is 1.90. The number of ether oxygens (including phenoxy) is 1. The van der Waals surface area contributed by atoms with Crippen LogP contribution in [0, 0.1) is 0 Å². The first-order valence-electron chi connectivity index (χ1n) is 10.4. The molecule has 0 spiro atoms. The summed E-state index contributed by atoms with van der Waals surface area (Å²) in [4.78, 5) is 10.9. The summed E-state index contributed by atoms with van der Waals surface area (Å²) in [6.07, 6.45) is 5.32. The third-order valence-corrected chi connectivity index (χ3v) is 5.33. The molecule has 4 aromatic rings. The maximum absolute atomic E-state index is 10.9. The fourth-order valence-electron chi connectivity index (χ4n) is 3.80. The lowest BCUT2D eigenvalue weighted by Gasteiger charge is -2.18. The number of hydrogen-bond acceptors (Lipinski definition) is 3. The normalized spacial score (nSPS) is 12.3. The maximum Gasteiger partial charge on any atom is 0.328 e. The molecule has 32 heavy (non-hydrogen) atoms. The number of aliphatic carboxylic acids is 1. The summed E-state index contributed by atoms with van der Waals surface area (Å²) in [5.74, 6) is -0.964. The smallest absolute Gasteiger partial charge is 0.328 e. The zero-order chi connectivity index (χ0) is 22.3. The quantitative estimate of drug-likeness (QED) is 0.283. The monoisotopic (exact) mass is 424 g/mol. The third kappa shape index (κ3) is 4.85. The number of hydrogen-bond donors (Lipinski definition) is 2. The van der Waals surface area contributed by atoms with Gasteiger partial charge in [0.15, 0.2) is 0 Å². The fraction of sp³-hybridized carbons (Fsp3) is 0.111. The van der Waals surface area contributed by atoms with Crippen molar-refractivity contribution in [1.29, 1.82) is 0 Å². The van der Waals surface area contributed by atoms with Crippen LogP contribution in [-0.4, -0.2) is 35.0 Å². The summed E-state index contributed by atoms with van der Waals surface area (Å²) >= 11 is 0. The minimum atomic E-state index is -0.964. The molecule has 0 saturated carbocycles. The third-order valence-electron chi connectivity index (χ3n) is 5.33. The van der Waals surface area contributed by atoms with Gasteiger partial charge in [-0.3, -0.25) is 5.10 Å². The van der Waals surface area contributed by atoms with Crippen molar-refractivity contribution in [2.45, 2.75) is 6.42 Å². The van der Waals surface area contributed by atoms with Crippen LogP contribution in [0.2, 0.25) is 0 Å². The Morgan fingerprint density at radius 3 is 2.47 bits per heavy atom. The summed E-state index contributed by atoms with van der Waals surface area (Å²) in [5, 5.41) is 17.1. The molecular weight excluding hydrogens is 400 g/mol. The topological polar surface area (TPSA) is 75.2 Å². The van der Waals surface area contributed by atoms with Gasteiger partial charge in [-0.1, -0.05) is 60.7 Å². The molecule has 5 nitrogen and oxygen atoms in total. The van der Waals surface area contributed by atoms with Gasteiger partial charge in [-0.25, -0.2) is 4.79 Å². The number of carboxylic acids is 1. The van der Waals surface area contributed by atoms with Crippen LogP contribution < -0.4 is 0 Å². The first-order valence-corrected chi connectivity index (χ1v) is 10.4. The molecule has 0 aliphatic carbocycles. The molecule has 0 radical (unpaired) electrons. The van der Waals surface area contributed by atoms with E-state index >= 15 is 0 Å². The molecule has 0 aliphatic rings. The van der Waals surface area contributed by atoms with Crippen molar-refractivity contribution < 1.29 is 14.6 Å². The lowest BCUT2D eigenvalue weighted by molar-refractivity contribution is -0.131. The number of fused-ring (bicyclic) bond motifs is 1. The average Bonchev–Trinajstić information content (AvgIpc) is 3.29. The molecular formula is C27H24N2O3. The van der Waals surface area contributed by atoms with Crippen molar-refractivity contribution in [2.24, 2.45) is 0 Å². The summed E-state index contributed by atoms with van der Waals surface area (Å²) in [6, 6.07) is 24.5. The Morgan fingerprint density at radius 2 is 1.75 bits per heavy atom. The van der Waals surface area contributed by atoms with Gasteiger partial charge in [-0.15, -0.1) is 0 Å². The number of benzene rings is 3. The Kier molecular flexibility index (Phi) is 6.58. The van der Waals surface area contributed by atoms with Gasteiger partial charge in [0.2, 0.25) is 0 Å². The van der Waals surface area contributed by atoms with Crippen LogP contribution in [0.1, 0.15) is 28.7 Å². The average molecular weight is 425 g/mol. The van der Waals surface area contributed by atoms with Crippen molar-refractivity contribution in [2.75, 3.05) is 13.7 Å². The molecule has 0 aliphatic heterocycles. The molecule has 3 aromatic carbocycles. The first kappa shape index (κ1) is 21.3. The molecule has 5 heteroatoms. The van der Waals surface area contributed by atoms with Crippen molar-refractivity contribution in [3.63, 3.8) is 0 Å². The van der Waals surface area contributed by atoms with Crippen LogP contribution >= 0.6 is 0 Å². The Bertz CT molecular complexity index is 1270. The van der Waals surface area contributed by atoms with Crippen LogP contribution in [0.5, 0.6) is 0 Å². The molecule has 0 saturated heterocycles. The predicted molar refractivity (Wildman–Crippen MR) is 128 cm³/mol. The van der Waals surface area contributed by atoms with Gasteiger partial charge in [-0.05, 0) is 58.0 Å². The number of nitrogens with zero attached hydrogens (tertiary/aromatic N) is 1. The highest BCUT2D eigenvalue weighted by Gasteiger charge is 2.15. The molecule has 0 bridgehead atoms. The van der Waals surface area contributed by atoms with Crippen molar-refractivity contribution in [1.82, 2.24) is 10.2 Å². The van der Waals surface area contributed by atoms with E-state index in [9.17, 15) is 4.79 Å². The number of aromatic nitrogens is 2. The van der Waals surface area contributed by atoms with E-state index in [1.165, 1.54) is 5.57 Å². The predicted octanol–water partition coefficient (Wildman–Crippen LogP) is 5.66. The van der Waals surface area contributed by atoms with E-state index in [2.05, 4.69) is 34.5 Å². The Labute approximate surface area is 186 Å². The van der Waals surface area contributed by atoms with E-state index in [4.69, 9.17) is 9.84 Å². The first-order chi connectivity index (χ1) is 15.7. The van der Waals surface area contributed by atoms with Gasteiger partial charge in [0.25, 0.3) is 0 Å². The number of methoxy groups -OCH3 is 1. The summed E-state index contributed by atoms with van der Waals surface area (Å²) in [5.41, 5.74) is 7.40. The highest BCUT2D eigenvalue weighted by atomic mass is 16.5. The molecule has 1 heterocycles. The lowest BCUT2D eigenvalue weighted by atomic mass is 9.87. The van der Waals surface area contributed by atoms with Crippen molar-refractivity contribution in [3.8, 4) is 0 Å². The Hall–Kier alpha value is -3.96. The Morgan fingerprint density at radius 1 is 1.00 bits per heavy atom. The molecule has 0 fully saturated rings. The highest BCUT2D eigenvalue weighted by Crippen LogP contribution is 2.35. The van der Waals surface area contributed by atoms with E-state index in [1.807, 2.05) is 54.7 Å². The molecule has 2 N–H and O–H groups in total. The maximum atomic E-state index is 10.9. The molecule has 4 rings (SSSR count). The van der Waals surface area contributed by atoms with Crippen LogP contribution in [0.4, 0.5) is 0 Å². The van der Waals surface area contributed by atoms with E-state index in [0.717, 1.165) is 51.2 Å². The van der Waals surface area contributed by atoms with Crippen LogP contribution in [0.3, 0.4) is 0 Å². The molecule has 0 amide bonds. The largest absolute Gasteiger partial charge is 0.478 e.